The molecule has 0 aliphatic carbocycles. The number of aryl methyl sites for hydroxylation is 1. The van der Waals surface area contributed by atoms with Gasteiger partial charge in [-0.25, -0.2) is 4.98 Å². The number of Topliss-reactive ketones (excluding diaryl/α,β-unsaturated/α-hetero) is 1. The topological polar surface area (TPSA) is 46.4 Å². The summed E-state index contributed by atoms with van der Waals surface area (Å²) >= 11 is 3.42. The Hall–Kier alpha value is -1.88. The predicted molar refractivity (Wildman–Crippen MR) is 77.2 cm³/mol. The van der Waals surface area contributed by atoms with Crippen LogP contribution in [0.2, 0.25) is 0 Å². The molecule has 2 aromatic rings. The van der Waals surface area contributed by atoms with Crippen LogP contribution in [0.25, 0.3) is 5.65 Å². The molecular weight excluding hydrogens is 306 g/mol. The van der Waals surface area contributed by atoms with Crippen molar-refractivity contribution in [3.63, 3.8) is 0 Å². The first kappa shape index (κ1) is 12.2. The average Bonchev–Trinajstić information content (AvgIpc) is 2.74. The summed E-state index contributed by atoms with van der Waals surface area (Å²) in [5, 5.41) is 3.04. The van der Waals surface area contributed by atoms with E-state index < -0.39 is 0 Å². The van der Waals surface area contributed by atoms with Gasteiger partial charge >= 0.3 is 0 Å². The Kier molecular flexibility index (Phi) is 2.98. The molecule has 5 heteroatoms. The average molecular weight is 318 g/mol. The van der Waals surface area contributed by atoms with E-state index in [1.165, 1.54) is 0 Å². The number of halogens is 1. The molecule has 1 N–H and O–H groups in total. The van der Waals surface area contributed by atoms with Gasteiger partial charge in [-0.2, -0.15) is 0 Å². The van der Waals surface area contributed by atoms with Crippen LogP contribution in [0.15, 0.2) is 46.7 Å². The highest BCUT2D eigenvalue weighted by Crippen LogP contribution is 2.20. The van der Waals surface area contributed by atoms with Crippen molar-refractivity contribution in [2.24, 2.45) is 0 Å². The second-order valence-electron chi connectivity index (χ2n) is 4.35. The first-order valence-electron chi connectivity index (χ1n) is 5.96. The van der Waals surface area contributed by atoms with Crippen LogP contribution in [0, 0.1) is 6.92 Å². The van der Waals surface area contributed by atoms with Crippen molar-refractivity contribution in [1.29, 1.82) is 0 Å². The molecule has 0 amide bonds. The van der Waals surface area contributed by atoms with Crippen molar-refractivity contribution < 1.29 is 4.79 Å². The predicted octanol–water partition coefficient (Wildman–Crippen LogP) is 2.63. The van der Waals surface area contributed by atoms with Crippen LogP contribution >= 0.6 is 15.9 Å². The summed E-state index contributed by atoms with van der Waals surface area (Å²) in [5.41, 5.74) is 2.84. The number of rotatable bonds is 2. The van der Waals surface area contributed by atoms with E-state index in [0.717, 1.165) is 15.8 Å². The number of carbonyl (C=O) groups is 1. The number of carbonyl (C=O) groups excluding carboxylic acids is 1. The minimum atomic E-state index is 0.000787. The Labute approximate surface area is 119 Å². The number of allylic oxidation sites excluding steroid dienone is 2. The first-order valence-corrected chi connectivity index (χ1v) is 6.75. The van der Waals surface area contributed by atoms with E-state index in [1.807, 2.05) is 35.7 Å². The normalized spacial score (nSPS) is 14.3. The molecule has 0 spiro atoms. The number of hydrogen-bond donors (Lipinski definition) is 1. The van der Waals surface area contributed by atoms with Gasteiger partial charge in [-0.05, 0) is 47.3 Å². The molecule has 0 saturated heterocycles. The highest BCUT2D eigenvalue weighted by molar-refractivity contribution is 9.10. The summed E-state index contributed by atoms with van der Waals surface area (Å²) < 4.78 is 2.75. The molecule has 0 aromatic carbocycles. The Bertz CT molecular complexity index is 728. The summed E-state index contributed by atoms with van der Waals surface area (Å²) in [6.07, 6.45) is 7.34. The van der Waals surface area contributed by atoms with Crippen molar-refractivity contribution in [3.05, 3.63) is 58.1 Å². The van der Waals surface area contributed by atoms with E-state index in [2.05, 4.69) is 26.2 Å². The number of imidazole rings is 1. The minimum absolute atomic E-state index is 0.000787. The number of aromatic nitrogens is 2. The lowest BCUT2D eigenvalue weighted by Gasteiger charge is -2.08. The van der Waals surface area contributed by atoms with Gasteiger partial charge in [0.15, 0.2) is 0 Å². The molecule has 96 valence electrons. The molecule has 4 nitrogen and oxygen atoms in total. The van der Waals surface area contributed by atoms with Gasteiger partial charge < -0.3 is 5.32 Å². The van der Waals surface area contributed by atoms with Gasteiger partial charge in [0, 0.05) is 22.8 Å². The number of fused-ring (bicyclic) bond motifs is 1. The monoisotopic (exact) mass is 317 g/mol. The van der Waals surface area contributed by atoms with Crippen LogP contribution < -0.4 is 5.32 Å². The number of pyridine rings is 1. The number of hydrogen-bond acceptors (Lipinski definition) is 3. The van der Waals surface area contributed by atoms with Crippen molar-refractivity contribution in [2.75, 3.05) is 6.54 Å². The Morgan fingerprint density at radius 3 is 3.05 bits per heavy atom. The van der Waals surface area contributed by atoms with Crippen LogP contribution in [0.1, 0.15) is 16.2 Å². The molecule has 0 radical (unpaired) electrons. The maximum atomic E-state index is 12.6. The van der Waals surface area contributed by atoms with Gasteiger partial charge in [-0.1, -0.05) is 6.08 Å². The molecule has 3 rings (SSSR count). The molecule has 2 aromatic heterocycles. The molecule has 1 aliphatic rings. The van der Waals surface area contributed by atoms with E-state index in [-0.39, 0.29) is 5.78 Å². The van der Waals surface area contributed by atoms with Gasteiger partial charge in [0.05, 0.1) is 5.69 Å². The molecule has 0 fully saturated rings. The standard InChI is InChI=1S/C14H12BrN3O/c1-9-13(14(19)10-4-6-16-7-5-10)18-8-11(15)2-3-12(18)17-9/h2-6,8,16H,7H2,1H3. The number of ketones is 1. The lowest BCUT2D eigenvalue weighted by Crippen LogP contribution is -2.15. The lowest BCUT2D eigenvalue weighted by atomic mass is 10.1. The Balaban J connectivity index is 2.16. The van der Waals surface area contributed by atoms with Crippen LogP contribution in [0.3, 0.4) is 0 Å². The van der Waals surface area contributed by atoms with Crippen molar-refractivity contribution >= 4 is 27.4 Å². The largest absolute Gasteiger partial charge is 0.387 e. The third-order valence-corrected chi connectivity index (χ3v) is 3.52. The van der Waals surface area contributed by atoms with Crippen LogP contribution in [-0.2, 0) is 0 Å². The number of dihydropyridines is 1. The van der Waals surface area contributed by atoms with E-state index in [4.69, 9.17) is 0 Å². The van der Waals surface area contributed by atoms with E-state index >= 15 is 0 Å². The molecule has 0 atom stereocenters. The maximum absolute atomic E-state index is 12.6. The molecule has 1 aliphatic heterocycles. The maximum Gasteiger partial charge on any atom is 0.211 e. The van der Waals surface area contributed by atoms with Gasteiger partial charge in [-0.3, -0.25) is 9.20 Å². The van der Waals surface area contributed by atoms with Crippen molar-refractivity contribution in [1.82, 2.24) is 14.7 Å². The zero-order chi connectivity index (χ0) is 13.4. The highest BCUT2D eigenvalue weighted by Gasteiger charge is 2.19. The molecular formula is C14H12BrN3O. The van der Waals surface area contributed by atoms with Gasteiger partial charge in [-0.15, -0.1) is 0 Å². The third kappa shape index (κ3) is 2.10. The fourth-order valence-electron chi connectivity index (χ4n) is 2.17. The zero-order valence-corrected chi connectivity index (χ0v) is 11.9. The molecule has 0 saturated carbocycles. The molecule has 0 bridgehead atoms. The van der Waals surface area contributed by atoms with Gasteiger partial charge in [0.1, 0.15) is 11.3 Å². The number of nitrogens with one attached hydrogen (secondary N) is 1. The van der Waals surface area contributed by atoms with Crippen LogP contribution in [0.5, 0.6) is 0 Å². The molecule has 3 heterocycles. The highest BCUT2D eigenvalue weighted by atomic mass is 79.9. The summed E-state index contributed by atoms with van der Waals surface area (Å²) in [5.74, 6) is 0.000787. The third-order valence-electron chi connectivity index (χ3n) is 3.05. The SMILES string of the molecule is Cc1nc2ccc(Br)cn2c1C(=O)C1=CCNC=C1. The smallest absolute Gasteiger partial charge is 0.211 e. The Morgan fingerprint density at radius 1 is 1.47 bits per heavy atom. The second-order valence-corrected chi connectivity index (χ2v) is 5.27. The van der Waals surface area contributed by atoms with E-state index in [9.17, 15) is 4.79 Å². The first-order chi connectivity index (χ1) is 9.16. The second kappa shape index (κ2) is 4.66. The number of nitrogens with zero attached hydrogens (tertiary/aromatic N) is 2. The lowest BCUT2D eigenvalue weighted by molar-refractivity contribution is 0.103. The van der Waals surface area contributed by atoms with E-state index in [1.54, 1.807) is 12.3 Å². The quantitative estimate of drug-likeness (QED) is 0.866. The minimum Gasteiger partial charge on any atom is -0.387 e. The summed E-state index contributed by atoms with van der Waals surface area (Å²) in [7, 11) is 0. The summed E-state index contributed by atoms with van der Waals surface area (Å²) in [6.45, 7) is 2.54. The summed E-state index contributed by atoms with van der Waals surface area (Å²) in [4.78, 5) is 17.0. The van der Waals surface area contributed by atoms with Crippen LogP contribution in [-0.4, -0.2) is 21.7 Å². The summed E-state index contributed by atoms with van der Waals surface area (Å²) in [6, 6.07) is 3.81. The Morgan fingerprint density at radius 2 is 2.32 bits per heavy atom. The van der Waals surface area contributed by atoms with Crippen molar-refractivity contribution in [3.8, 4) is 0 Å². The molecule has 0 unspecified atom stereocenters. The molecule has 19 heavy (non-hydrogen) atoms. The fourth-order valence-corrected chi connectivity index (χ4v) is 2.51. The fraction of sp³-hybridized carbons (Fsp3) is 0.143. The van der Waals surface area contributed by atoms with Crippen LogP contribution in [0.4, 0.5) is 0 Å². The zero-order valence-electron chi connectivity index (χ0n) is 10.4. The van der Waals surface area contributed by atoms with E-state index in [0.29, 0.717) is 17.8 Å². The van der Waals surface area contributed by atoms with Gasteiger partial charge in [0.25, 0.3) is 0 Å². The van der Waals surface area contributed by atoms with Crippen molar-refractivity contribution in [2.45, 2.75) is 6.92 Å². The van der Waals surface area contributed by atoms with Gasteiger partial charge in [0.2, 0.25) is 5.78 Å².